The Morgan fingerprint density at radius 1 is 0.946 bits per heavy atom. The summed E-state index contributed by atoms with van der Waals surface area (Å²) in [5.41, 5.74) is 6.40. The molecule has 0 atom stereocenters. The summed E-state index contributed by atoms with van der Waals surface area (Å²) < 4.78 is 2.09. The standard InChI is InChI=1S/C23H17ClN4.C3H7NO.C2H6.CH3Br/c1-15-26-27-22-14-25-23(17-7-10-19(24)11-8-17)20-13-18(9-12-21(20)28(15)22)16-5-3-2-4-6-16;1-2-4-3-5;2*1-2/h2-13H,14H2,1H3;3H,2H2,1H3,(H,4,5);1-2H3;1H3. The van der Waals surface area contributed by atoms with Gasteiger partial charge in [-0.05, 0) is 55.1 Å². The van der Waals surface area contributed by atoms with Crippen molar-refractivity contribution in [3.63, 3.8) is 0 Å². The normalized spacial score (nSPS) is 10.8. The summed E-state index contributed by atoms with van der Waals surface area (Å²) in [5, 5.41) is 11.7. The predicted octanol–water partition coefficient (Wildman–Crippen LogP) is 7.04. The van der Waals surface area contributed by atoms with Crippen molar-refractivity contribution < 1.29 is 4.79 Å². The largest absolute Gasteiger partial charge is 0.359 e. The third-order valence-corrected chi connectivity index (χ3v) is 5.53. The van der Waals surface area contributed by atoms with Gasteiger partial charge in [-0.3, -0.25) is 14.4 Å². The zero-order chi connectivity index (χ0) is 27.2. The van der Waals surface area contributed by atoms with Crippen molar-refractivity contribution in [1.82, 2.24) is 20.1 Å². The van der Waals surface area contributed by atoms with Gasteiger partial charge < -0.3 is 5.32 Å². The number of carbonyl (C=O) groups is 1. The Bertz CT molecular complexity index is 1290. The number of alkyl halides is 1. The highest BCUT2D eigenvalue weighted by Crippen LogP contribution is 2.30. The molecular weight excluding hydrogens is 550 g/mol. The molecule has 8 heteroatoms. The molecule has 37 heavy (non-hydrogen) atoms. The molecule has 1 N–H and O–H groups in total. The van der Waals surface area contributed by atoms with Crippen LogP contribution < -0.4 is 5.32 Å². The predicted molar refractivity (Wildman–Crippen MR) is 158 cm³/mol. The van der Waals surface area contributed by atoms with Crippen LogP contribution in [0.3, 0.4) is 0 Å². The quantitative estimate of drug-likeness (QED) is 0.207. The number of aliphatic imine (C=N–C) groups is 1. The molecule has 1 aromatic heterocycles. The molecule has 6 nitrogen and oxygen atoms in total. The van der Waals surface area contributed by atoms with Crippen molar-refractivity contribution in [1.29, 1.82) is 0 Å². The van der Waals surface area contributed by atoms with E-state index >= 15 is 0 Å². The highest BCUT2D eigenvalue weighted by atomic mass is 79.9. The number of aromatic nitrogens is 3. The summed E-state index contributed by atoms with van der Waals surface area (Å²) in [6.07, 6.45) is 0.681. The second kappa shape index (κ2) is 15.7. The van der Waals surface area contributed by atoms with Crippen LogP contribution in [0.1, 0.15) is 43.5 Å². The maximum absolute atomic E-state index is 9.29. The molecule has 4 aromatic rings. The highest BCUT2D eigenvalue weighted by Gasteiger charge is 2.22. The molecule has 194 valence electrons. The third-order valence-electron chi connectivity index (χ3n) is 5.28. The van der Waals surface area contributed by atoms with Crippen molar-refractivity contribution in [2.75, 3.05) is 12.4 Å². The lowest BCUT2D eigenvalue weighted by atomic mass is 9.96. The lowest BCUT2D eigenvalue weighted by Crippen LogP contribution is -2.08. The summed E-state index contributed by atoms with van der Waals surface area (Å²) in [5.74, 6) is 3.51. The van der Waals surface area contributed by atoms with Gasteiger partial charge in [0.1, 0.15) is 12.4 Å². The highest BCUT2D eigenvalue weighted by molar-refractivity contribution is 9.08. The minimum absolute atomic E-state index is 0.480. The van der Waals surface area contributed by atoms with E-state index in [1.54, 1.807) is 0 Å². The van der Waals surface area contributed by atoms with Crippen LogP contribution in [0.2, 0.25) is 5.02 Å². The minimum atomic E-state index is 0.480. The summed E-state index contributed by atoms with van der Waals surface area (Å²) in [4.78, 5) is 14.2. The van der Waals surface area contributed by atoms with E-state index < -0.39 is 0 Å². The first-order valence-corrected chi connectivity index (χ1v) is 14.0. The Morgan fingerprint density at radius 2 is 1.59 bits per heavy atom. The van der Waals surface area contributed by atoms with Crippen LogP contribution in [0, 0.1) is 6.92 Å². The minimum Gasteiger partial charge on any atom is -0.359 e. The number of carbonyl (C=O) groups excluding carboxylic acids is 1. The first kappa shape index (κ1) is 29.9. The van der Waals surface area contributed by atoms with Gasteiger partial charge in [-0.15, -0.1) is 10.2 Å². The molecule has 1 aliphatic rings. The van der Waals surface area contributed by atoms with Crippen LogP contribution in [0.5, 0.6) is 0 Å². The van der Waals surface area contributed by atoms with Gasteiger partial charge in [0.25, 0.3) is 0 Å². The fourth-order valence-electron chi connectivity index (χ4n) is 3.73. The Kier molecular flexibility index (Phi) is 12.7. The third kappa shape index (κ3) is 7.60. The molecule has 2 heterocycles. The molecular formula is C29H33BrClN5O. The van der Waals surface area contributed by atoms with Crippen molar-refractivity contribution in [2.24, 2.45) is 4.99 Å². The van der Waals surface area contributed by atoms with Gasteiger partial charge in [0.2, 0.25) is 6.41 Å². The van der Waals surface area contributed by atoms with Gasteiger partial charge in [-0.25, -0.2) is 0 Å². The molecule has 0 spiro atoms. The molecule has 1 amide bonds. The molecule has 5 rings (SSSR count). The van der Waals surface area contributed by atoms with E-state index in [-0.39, 0.29) is 0 Å². The van der Waals surface area contributed by atoms with E-state index in [4.69, 9.17) is 16.6 Å². The average molecular weight is 583 g/mol. The number of fused-ring (bicyclic) bond motifs is 3. The molecule has 0 saturated carbocycles. The first-order valence-electron chi connectivity index (χ1n) is 12.1. The number of hydrogen-bond acceptors (Lipinski definition) is 4. The average Bonchev–Trinajstić information content (AvgIpc) is 3.24. The van der Waals surface area contributed by atoms with Crippen LogP contribution >= 0.6 is 27.5 Å². The molecule has 0 saturated heterocycles. The maximum atomic E-state index is 9.29. The van der Waals surface area contributed by atoms with Gasteiger partial charge in [-0.2, -0.15) is 0 Å². The summed E-state index contributed by atoms with van der Waals surface area (Å²) in [6.45, 7) is 9.05. The van der Waals surface area contributed by atoms with E-state index in [0.29, 0.717) is 18.0 Å². The Labute approximate surface area is 233 Å². The molecule has 0 radical (unpaired) electrons. The van der Waals surface area contributed by atoms with E-state index in [1.165, 1.54) is 5.56 Å². The second-order valence-corrected chi connectivity index (χ2v) is 7.88. The van der Waals surface area contributed by atoms with Gasteiger partial charge in [0.15, 0.2) is 5.82 Å². The zero-order valence-corrected chi connectivity index (χ0v) is 24.2. The van der Waals surface area contributed by atoms with Crippen LogP contribution in [0.4, 0.5) is 0 Å². The molecule has 0 unspecified atom stereocenters. The lowest BCUT2D eigenvalue weighted by Gasteiger charge is -2.14. The van der Waals surface area contributed by atoms with Gasteiger partial charge in [-0.1, -0.05) is 89.9 Å². The number of rotatable bonds is 4. The van der Waals surface area contributed by atoms with Gasteiger partial charge in [0, 0.05) is 22.7 Å². The van der Waals surface area contributed by atoms with E-state index in [2.05, 4.69) is 78.5 Å². The van der Waals surface area contributed by atoms with Crippen molar-refractivity contribution in [2.45, 2.75) is 34.2 Å². The van der Waals surface area contributed by atoms with Gasteiger partial charge >= 0.3 is 0 Å². The molecule has 0 bridgehead atoms. The Morgan fingerprint density at radius 3 is 2.19 bits per heavy atom. The van der Waals surface area contributed by atoms with Crippen LogP contribution in [-0.4, -0.2) is 39.3 Å². The summed E-state index contributed by atoms with van der Waals surface area (Å²) >= 11 is 9.04. The lowest BCUT2D eigenvalue weighted by molar-refractivity contribution is -0.109. The number of aryl methyl sites for hydroxylation is 1. The monoisotopic (exact) mass is 581 g/mol. The van der Waals surface area contributed by atoms with Crippen molar-refractivity contribution in [3.8, 4) is 16.8 Å². The van der Waals surface area contributed by atoms with E-state index in [0.717, 1.165) is 46.3 Å². The number of benzene rings is 3. The smallest absolute Gasteiger partial charge is 0.207 e. The number of nitrogens with one attached hydrogen (secondary N) is 1. The fraction of sp³-hybridized carbons (Fsp3) is 0.241. The van der Waals surface area contributed by atoms with E-state index in [1.807, 2.05) is 63.9 Å². The number of hydrogen-bond donors (Lipinski definition) is 1. The Balaban J connectivity index is 0.000000473. The SMILES string of the molecule is CBr.CC.CCNC=O.Cc1nnc2n1-c1ccc(-c3ccccc3)cc1C(c1ccc(Cl)cc1)=NC2. The summed E-state index contributed by atoms with van der Waals surface area (Å²) in [6, 6.07) is 24.7. The number of nitrogens with zero attached hydrogens (tertiary/aromatic N) is 4. The van der Waals surface area contributed by atoms with Crippen LogP contribution in [-0.2, 0) is 11.3 Å². The second-order valence-electron chi connectivity index (χ2n) is 7.44. The van der Waals surface area contributed by atoms with Crippen LogP contribution in [0.15, 0.2) is 77.8 Å². The fourth-order valence-corrected chi connectivity index (χ4v) is 3.85. The van der Waals surface area contributed by atoms with E-state index in [9.17, 15) is 4.79 Å². The van der Waals surface area contributed by atoms with Crippen molar-refractivity contribution >= 4 is 39.7 Å². The van der Waals surface area contributed by atoms with Gasteiger partial charge in [0.05, 0.1) is 11.4 Å². The summed E-state index contributed by atoms with van der Waals surface area (Å²) in [7, 11) is 0. The molecule has 3 aromatic carbocycles. The zero-order valence-electron chi connectivity index (χ0n) is 21.9. The van der Waals surface area contributed by atoms with Crippen molar-refractivity contribution in [3.05, 3.63) is 101 Å². The molecule has 1 aliphatic heterocycles. The topological polar surface area (TPSA) is 72.2 Å². The van der Waals surface area contributed by atoms with Crippen LogP contribution in [0.25, 0.3) is 16.8 Å². The number of halogens is 2. The molecule has 0 fully saturated rings. The first-order chi connectivity index (χ1) is 18.1. The molecule has 0 aliphatic carbocycles. The number of amides is 1. The maximum Gasteiger partial charge on any atom is 0.207 e. The Hall–Kier alpha value is -3.29.